The molecular formula is C15H20ClN3O3. The minimum Gasteiger partial charge on any atom is -0.467 e. The Kier molecular flexibility index (Phi) is 5.26. The first-order valence-electron chi connectivity index (χ1n) is 7.08. The standard InChI is InChI=1S/C15H20ClN3O3/c1-9(7-12(20)13-5-4-6-22-13)17-14(21)8-19-11(3)15(16)10(2)18-19/h4-6,9,12,20H,7-8H2,1-3H3,(H,17,21). The van der Waals surface area contributed by atoms with Crippen molar-refractivity contribution in [1.82, 2.24) is 15.1 Å². The largest absolute Gasteiger partial charge is 0.467 e. The van der Waals surface area contributed by atoms with E-state index in [4.69, 9.17) is 16.0 Å². The lowest BCUT2D eigenvalue weighted by molar-refractivity contribution is -0.122. The molecule has 2 unspecified atom stereocenters. The molecule has 2 N–H and O–H groups in total. The van der Waals surface area contributed by atoms with Gasteiger partial charge >= 0.3 is 0 Å². The Morgan fingerprint density at radius 1 is 1.55 bits per heavy atom. The van der Waals surface area contributed by atoms with Crippen LogP contribution < -0.4 is 5.32 Å². The van der Waals surface area contributed by atoms with Gasteiger partial charge in [-0.2, -0.15) is 5.10 Å². The minimum absolute atomic E-state index is 0.0978. The van der Waals surface area contributed by atoms with Crippen LogP contribution in [-0.4, -0.2) is 26.8 Å². The van der Waals surface area contributed by atoms with Gasteiger partial charge < -0.3 is 14.8 Å². The van der Waals surface area contributed by atoms with Crippen molar-refractivity contribution in [2.45, 2.75) is 45.9 Å². The predicted molar refractivity (Wildman–Crippen MR) is 82.6 cm³/mol. The molecule has 2 rings (SSSR count). The van der Waals surface area contributed by atoms with Gasteiger partial charge in [-0.05, 0) is 32.9 Å². The van der Waals surface area contributed by atoms with Crippen molar-refractivity contribution < 1.29 is 14.3 Å². The lowest BCUT2D eigenvalue weighted by Crippen LogP contribution is -2.36. The van der Waals surface area contributed by atoms with Crippen LogP contribution in [0.15, 0.2) is 22.8 Å². The van der Waals surface area contributed by atoms with E-state index in [1.165, 1.54) is 6.26 Å². The van der Waals surface area contributed by atoms with Gasteiger partial charge in [-0.3, -0.25) is 9.48 Å². The van der Waals surface area contributed by atoms with Gasteiger partial charge in [0.25, 0.3) is 0 Å². The highest BCUT2D eigenvalue weighted by molar-refractivity contribution is 6.31. The number of hydrogen-bond acceptors (Lipinski definition) is 4. The van der Waals surface area contributed by atoms with Crippen LogP contribution in [0.1, 0.15) is 36.6 Å². The van der Waals surface area contributed by atoms with E-state index < -0.39 is 6.10 Å². The molecule has 2 atom stereocenters. The number of nitrogens with one attached hydrogen (secondary N) is 1. The Balaban J connectivity index is 1.87. The Morgan fingerprint density at radius 2 is 2.27 bits per heavy atom. The summed E-state index contributed by atoms with van der Waals surface area (Å²) in [6.07, 6.45) is 1.14. The summed E-state index contributed by atoms with van der Waals surface area (Å²) in [4.78, 5) is 12.0. The van der Waals surface area contributed by atoms with Crippen molar-refractivity contribution in [3.05, 3.63) is 40.6 Å². The molecule has 2 aromatic heterocycles. The fourth-order valence-corrected chi connectivity index (χ4v) is 2.41. The van der Waals surface area contributed by atoms with Gasteiger partial charge in [0.1, 0.15) is 18.4 Å². The van der Waals surface area contributed by atoms with Gasteiger partial charge in [-0.25, -0.2) is 0 Å². The molecular weight excluding hydrogens is 306 g/mol. The van der Waals surface area contributed by atoms with E-state index >= 15 is 0 Å². The highest BCUT2D eigenvalue weighted by Gasteiger charge is 2.17. The SMILES string of the molecule is Cc1nn(CC(=O)NC(C)CC(O)c2ccco2)c(C)c1Cl. The number of halogens is 1. The summed E-state index contributed by atoms with van der Waals surface area (Å²) >= 11 is 6.05. The van der Waals surface area contributed by atoms with Gasteiger partial charge in [0.15, 0.2) is 0 Å². The number of furan rings is 1. The number of rotatable bonds is 6. The number of aliphatic hydroxyl groups excluding tert-OH is 1. The molecule has 0 spiro atoms. The van der Waals surface area contributed by atoms with Crippen LogP contribution in [0.2, 0.25) is 5.02 Å². The Morgan fingerprint density at radius 3 is 2.82 bits per heavy atom. The van der Waals surface area contributed by atoms with E-state index in [9.17, 15) is 9.90 Å². The summed E-state index contributed by atoms with van der Waals surface area (Å²) in [5.41, 5.74) is 1.46. The molecule has 0 fully saturated rings. The Bertz CT molecular complexity index is 637. The number of aliphatic hydroxyl groups is 1. The van der Waals surface area contributed by atoms with E-state index in [1.807, 2.05) is 13.8 Å². The normalized spacial score (nSPS) is 13.9. The number of aromatic nitrogens is 2. The second-order valence-electron chi connectivity index (χ2n) is 5.38. The van der Waals surface area contributed by atoms with Crippen molar-refractivity contribution in [2.75, 3.05) is 0 Å². The second kappa shape index (κ2) is 6.98. The molecule has 0 aliphatic rings. The topological polar surface area (TPSA) is 80.3 Å². The quantitative estimate of drug-likeness (QED) is 0.854. The van der Waals surface area contributed by atoms with Crippen LogP contribution in [0.3, 0.4) is 0 Å². The Hall–Kier alpha value is -1.79. The molecule has 0 aliphatic carbocycles. The van der Waals surface area contributed by atoms with Gasteiger partial charge in [0.2, 0.25) is 5.91 Å². The van der Waals surface area contributed by atoms with E-state index in [0.29, 0.717) is 22.9 Å². The minimum atomic E-state index is -0.742. The first kappa shape index (κ1) is 16.6. The van der Waals surface area contributed by atoms with Crippen molar-refractivity contribution in [3.63, 3.8) is 0 Å². The molecule has 0 aliphatic heterocycles. The van der Waals surface area contributed by atoms with Crippen LogP contribution in [0.4, 0.5) is 0 Å². The molecule has 0 saturated heterocycles. The zero-order valence-electron chi connectivity index (χ0n) is 12.8. The smallest absolute Gasteiger partial charge is 0.241 e. The zero-order valence-corrected chi connectivity index (χ0v) is 13.6. The molecule has 7 heteroatoms. The lowest BCUT2D eigenvalue weighted by Gasteiger charge is -2.17. The maximum Gasteiger partial charge on any atom is 0.241 e. The molecule has 2 aromatic rings. The van der Waals surface area contributed by atoms with Crippen molar-refractivity contribution in [2.24, 2.45) is 0 Å². The van der Waals surface area contributed by atoms with Gasteiger partial charge in [0.05, 0.1) is 22.7 Å². The summed E-state index contributed by atoms with van der Waals surface area (Å²) in [5, 5.41) is 17.6. The summed E-state index contributed by atoms with van der Waals surface area (Å²) < 4.78 is 6.71. The first-order valence-corrected chi connectivity index (χ1v) is 7.46. The fourth-order valence-electron chi connectivity index (χ4n) is 2.28. The molecule has 1 amide bonds. The molecule has 0 radical (unpaired) electrons. The van der Waals surface area contributed by atoms with E-state index in [2.05, 4.69) is 10.4 Å². The first-order chi connectivity index (χ1) is 10.4. The highest BCUT2D eigenvalue weighted by Crippen LogP contribution is 2.19. The third-order valence-electron chi connectivity index (χ3n) is 3.44. The third kappa shape index (κ3) is 3.90. The summed E-state index contributed by atoms with van der Waals surface area (Å²) in [6, 6.07) is 3.23. The van der Waals surface area contributed by atoms with Crippen LogP contribution in [0.25, 0.3) is 0 Å². The monoisotopic (exact) mass is 325 g/mol. The average Bonchev–Trinajstić information content (AvgIpc) is 3.05. The zero-order chi connectivity index (χ0) is 16.3. The number of aryl methyl sites for hydroxylation is 1. The molecule has 2 heterocycles. The van der Waals surface area contributed by atoms with E-state index in [1.54, 1.807) is 23.7 Å². The van der Waals surface area contributed by atoms with Gasteiger partial charge in [-0.15, -0.1) is 0 Å². The summed E-state index contributed by atoms with van der Waals surface area (Å²) in [5.74, 6) is 0.313. The van der Waals surface area contributed by atoms with Crippen molar-refractivity contribution >= 4 is 17.5 Å². The Labute approximate surface area is 134 Å². The number of amides is 1. The molecule has 0 aromatic carbocycles. The number of hydrogen-bond donors (Lipinski definition) is 2. The lowest BCUT2D eigenvalue weighted by atomic mass is 10.1. The predicted octanol–water partition coefficient (Wildman–Crippen LogP) is 2.37. The second-order valence-corrected chi connectivity index (χ2v) is 5.76. The molecule has 120 valence electrons. The van der Waals surface area contributed by atoms with Gasteiger partial charge in [0, 0.05) is 12.5 Å². The maximum absolute atomic E-state index is 12.0. The summed E-state index contributed by atoms with van der Waals surface area (Å²) in [6.45, 7) is 5.55. The fraction of sp³-hybridized carbons (Fsp3) is 0.467. The van der Waals surface area contributed by atoms with Crippen LogP contribution in [-0.2, 0) is 11.3 Å². The average molecular weight is 326 g/mol. The molecule has 0 bridgehead atoms. The van der Waals surface area contributed by atoms with Crippen molar-refractivity contribution in [3.8, 4) is 0 Å². The van der Waals surface area contributed by atoms with Crippen LogP contribution >= 0.6 is 11.6 Å². The molecule has 22 heavy (non-hydrogen) atoms. The number of carbonyl (C=O) groups is 1. The highest BCUT2D eigenvalue weighted by atomic mass is 35.5. The van der Waals surface area contributed by atoms with Gasteiger partial charge in [-0.1, -0.05) is 11.6 Å². The molecule has 6 nitrogen and oxygen atoms in total. The molecule has 0 saturated carbocycles. The number of carbonyl (C=O) groups excluding carboxylic acids is 1. The maximum atomic E-state index is 12.0. The third-order valence-corrected chi connectivity index (χ3v) is 3.99. The van der Waals surface area contributed by atoms with E-state index in [-0.39, 0.29) is 18.5 Å². The van der Waals surface area contributed by atoms with Crippen LogP contribution in [0.5, 0.6) is 0 Å². The summed E-state index contributed by atoms with van der Waals surface area (Å²) in [7, 11) is 0. The van der Waals surface area contributed by atoms with E-state index in [0.717, 1.165) is 5.69 Å². The van der Waals surface area contributed by atoms with Crippen molar-refractivity contribution in [1.29, 1.82) is 0 Å². The van der Waals surface area contributed by atoms with Crippen LogP contribution in [0, 0.1) is 13.8 Å². The number of nitrogens with zero attached hydrogens (tertiary/aromatic N) is 2.